The third-order valence-corrected chi connectivity index (χ3v) is 2.66. The van der Waals surface area contributed by atoms with Crippen molar-refractivity contribution in [3.05, 3.63) is 24.3 Å². The second-order valence-corrected chi connectivity index (χ2v) is 4.01. The number of methoxy groups -OCH3 is 1. The van der Waals surface area contributed by atoms with Gasteiger partial charge in [0, 0.05) is 31.3 Å². The lowest BCUT2D eigenvalue weighted by Gasteiger charge is -2.23. The predicted molar refractivity (Wildman–Crippen MR) is 68.8 cm³/mol. The predicted octanol–water partition coefficient (Wildman–Crippen LogP) is 1.51. The lowest BCUT2D eigenvalue weighted by atomic mass is 10.1. The Bertz CT molecular complexity index is 393. The van der Waals surface area contributed by atoms with E-state index in [2.05, 4.69) is 5.16 Å². The first-order valence-corrected chi connectivity index (χ1v) is 5.41. The molecule has 0 aromatic heterocycles. The third kappa shape index (κ3) is 3.55. The highest BCUT2D eigenvalue weighted by molar-refractivity contribution is 5.82. The van der Waals surface area contributed by atoms with E-state index in [4.69, 9.17) is 15.7 Å². The van der Waals surface area contributed by atoms with Gasteiger partial charge >= 0.3 is 0 Å². The molecule has 1 aromatic carbocycles. The molecule has 1 rings (SSSR count). The van der Waals surface area contributed by atoms with Crippen molar-refractivity contribution in [2.45, 2.75) is 6.92 Å². The molecule has 94 valence electrons. The number of oxime groups is 1. The molecule has 0 heterocycles. The summed E-state index contributed by atoms with van der Waals surface area (Å²) in [6, 6.07) is 7.75. The summed E-state index contributed by atoms with van der Waals surface area (Å²) in [5.41, 5.74) is 6.58. The average Bonchev–Trinajstić information content (AvgIpc) is 2.37. The quantitative estimate of drug-likeness (QED) is 0.352. The molecule has 0 aliphatic carbocycles. The summed E-state index contributed by atoms with van der Waals surface area (Å²) in [6.45, 7) is 2.58. The number of hydrogen-bond acceptors (Lipinski definition) is 4. The first-order chi connectivity index (χ1) is 8.08. The van der Waals surface area contributed by atoms with Crippen LogP contribution >= 0.6 is 0 Å². The van der Waals surface area contributed by atoms with Crippen LogP contribution in [0.1, 0.15) is 6.92 Å². The molecule has 0 fully saturated rings. The third-order valence-electron chi connectivity index (χ3n) is 2.66. The Morgan fingerprint density at radius 3 is 2.88 bits per heavy atom. The smallest absolute Gasteiger partial charge is 0.143 e. The molecule has 0 amide bonds. The fourth-order valence-electron chi connectivity index (χ4n) is 1.56. The van der Waals surface area contributed by atoms with E-state index in [1.807, 2.05) is 43.1 Å². The summed E-state index contributed by atoms with van der Waals surface area (Å²) in [4.78, 5) is 2.03. The van der Waals surface area contributed by atoms with Crippen LogP contribution in [0.2, 0.25) is 0 Å². The molecule has 1 atom stereocenters. The van der Waals surface area contributed by atoms with E-state index in [-0.39, 0.29) is 11.8 Å². The van der Waals surface area contributed by atoms with Gasteiger partial charge in [-0.3, -0.25) is 0 Å². The lowest BCUT2D eigenvalue weighted by molar-refractivity contribution is 0.314. The molecule has 0 bridgehead atoms. The molecule has 17 heavy (non-hydrogen) atoms. The Labute approximate surface area is 101 Å². The van der Waals surface area contributed by atoms with Gasteiger partial charge in [-0.1, -0.05) is 18.1 Å². The van der Waals surface area contributed by atoms with Crippen molar-refractivity contribution in [3.8, 4) is 5.75 Å². The molecule has 0 saturated heterocycles. The van der Waals surface area contributed by atoms with Crippen LogP contribution in [0.4, 0.5) is 5.69 Å². The van der Waals surface area contributed by atoms with Crippen molar-refractivity contribution in [1.82, 2.24) is 0 Å². The molecule has 0 aliphatic heterocycles. The van der Waals surface area contributed by atoms with Gasteiger partial charge in [0.25, 0.3) is 0 Å². The van der Waals surface area contributed by atoms with Gasteiger partial charge in [0.05, 0.1) is 7.11 Å². The van der Waals surface area contributed by atoms with E-state index in [0.29, 0.717) is 6.54 Å². The standard InChI is InChI=1S/C12H19N3O2/c1-9(12(13)14-16)8-15(2)10-5-4-6-11(7-10)17-3/h4-7,9,16H,8H2,1-3H3,(H2,13,14). The van der Waals surface area contributed by atoms with Crippen LogP contribution in [0.3, 0.4) is 0 Å². The first kappa shape index (κ1) is 13.2. The van der Waals surface area contributed by atoms with Gasteiger partial charge in [-0.25, -0.2) is 0 Å². The highest BCUT2D eigenvalue weighted by Crippen LogP contribution is 2.20. The molecule has 0 radical (unpaired) electrons. The highest BCUT2D eigenvalue weighted by atomic mass is 16.5. The number of amidine groups is 1. The van der Waals surface area contributed by atoms with Gasteiger partial charge < -0.3 is 20.6 Å². The van der Waals surface area contributed by atoms with E-state index in [1.54, 1.807) is 7.11 Å². The summed E-state index contributed by atoms with van der Waals surface area (Å²) < 4.78 is 5.16. The summed E-state index contributed by atoms with van der Waals surface area (Å²) in [7, 11) is 3.59. The van der Waals surface area contributed by atoms with Crippen LogP contribution in [0, 0.1) is 5.92 Å². The monoisotopic (exact) mass is 237 g/mol. The average molecular weight is 237 g/mol. The summed E-state index contributed by atoms with van der Waals surface area (Å²) in [5.74, 6) is 1.03. The maximum atomic E-state index is 8.60. The Hall–Kier alpha value is -1.91. The van der Waals surface area contributed by atoms with Crippen molar-refractivity contribution in [3.63, 3.8) is 0 Å². The minimum atomic E-state index is -0.0174. The topological polar surface area (TPSA) is 71.1 Å². The number of hydrogen-bond donors (Lipinski definition) is 2. The van der Waals surface area contributed by atoms with E-state index in [1.165, 1.54) is 0 Å². The Kier molecular flexibility index (Phi) is 4.63. The molecule has 5 heteroatoms. The number of benzene rings is 1. The van der Waals surface area contributed by atoms with Crippen molar-refractivity contribution in [2.75, 3.05) is 25.6 Å². The van der Waals surface area contributed by atoms with Crippen LogP contribution in [0.15, 0.2) is 29.4 Å². The zero-order chi connectivity index (χ0) is 12.8. The van der Waals surface area contributed by atoms with Gasteiger partial charge in [-0.15, -0.1) is 0 Å². The Balaban J connectivity index is 2.72. The van der Waals surface area contributed by atoms with Gasteiger partial charge in [0.15, 0.2) is 0 Å². The first-order valence-electron chi connectivity index (χ1n) is 5.41. The fourth-order valence-corrected chi connectivity index (χ4v) is 1.56. The van der Waals surface area contributed by atoms with E-state index in [9.17, 15) is 0 Å². The lowest BCUT2D eigenvalue weighted by Crippen LogP contribution is -2.32. The van der Waals surface area contributed by atoms with E-state index in [0.717, 1.165) is 11.4 Å². The number of nitrogens with zero attached hydrogens (tertiary/aromatic N) is 2. The Morgan fingerprint density at radius 2 is 2.29 bits per heavy atom. The summed E-state index contributed by atoms with van der Waals surface area (Å²) in [6.07, 6.45) is 0. The van der Waals surface area contributed by atoms with Crippen molar-refractivity contribution in [1.29, 1.82) is 0 Å². The molecule has 1 unspecified atom stereocenters. The van der Waals surface area contributed by atoms with Crippen LogP contribution in [-0.2, 0) is 0 Å². The van der Waals surface area contributed by atoms with Crippen molar-refractivity contribution in [2.24, 2.45) is 16.8 Å². The molecular formula is C12H19N3O2. The molecule has 0 saturated carbocycles. The SMILES string of the molecule is COc1cccc(N(C)CC(C)C(N)=NO)c1. The second-order valence-electron chi connectivity index (χ2n) is 4.01. The normalized spacial score (nSPS) is 13.2. The Morgan fingerprint density at radius 1 is 1.59 bits per heavy atom. The molecule has 0 aliphatic rings. The van der Waals surface area contributed by atoms with E-state index >= 15 is 0 Å². The highest BCUT2D eigenvalue weighted by Gasteiger charge is 2.11. The van der Waals surface area contributed by atoms with Gasteiger partial charge in [0.2, 0.25) is 0 Å². The number of anilines is 1. The minimum absolute atomic E-state index is 0.0174. The summed E-state index contributed by atoms with van der Waals surface area (Å²) in [5, 5.41) is 11.6. The largest absolute Gasteiger partial charge is 0.497 e. The molecule has 3 N–H and O–H groups in total. The summed E-state index contributed by atoms with van der Waals surface area (Å²) >= 11 is 0. The maximum Gasteiger partial charge on any atom is 0.143 e. The van der Waals surface area contributed by atoms with Gasteiger partial charge in [0.1, 0.15) is 11.6 Å². The fraction of sp³-hybridized carbons (Fsp3) is 0.417. The van der Waals surface area contributed by atoms with Crippen LogP contribution in [-0.4, -0.2) is 31.7 Å². The number of nitrogens with two attached hydrogens (primary N) is 1. The maximum absolute atomic E-state index is 8.60. The molecular weight excluding hydrogens is 218 g/mol. The second kappa shape index (κ2) is 5.98. The van der Waals surface area contributed by atoms with Crippen molar-refractivity contribution >= 4 is 11.5 Å². The number of rotatable bonds is 5. The van der Waals surface area contributed by atoms with Crippen LogP contribution in [0.5, 0.6) is 5.75 Å². The van der Waals surface area contributed by atoms with Crippen LogP contribution in [0.25, 0.3) is 0 Å². The van der Waals surface area contributed by atoms with Gasteiger partial charge in [-0.2, -0.15) is 0 Å². The van der Waals surface area contributed by atoms with Crippen molar-refractivity contribution < 1.29 is 9.94 Å². The number of ether oxygens (including phenoxy) is 1. The molecule has 1 aromatic rings. The zero-order valence-corrected chi connectivity index (χ0v) is 10.4. The molecule has 0 spiro atoms. The minimum Gasteiger partial charge on any atom is -0.497 e. The zero-order valence-electron chi connectivity index (χ0n) is 10.4. The molecule has 5 nitrogen and oxygen atoms in total. The van der Waals surface area contributed by atoms with Crippen LogP contribution < -0.4 is 15.4 Å². The van der Waals surface area contributed by atoms with Gasteiger partial charge in [-0.05, 0) is 12.1 Å². The van der Waals surface area contributed by atoms with E-state index < -0.39 is 0 Å².